The maximum absolute atomic E-state index is 12.6. The Bertz CT molecular complexity index is 830. The molecule has 3 rings (SSSR count). The number of amides is 4. The van der Waals surface area contributed by atoms with Gasteiger partial charge in [0, 0.05) is 6.21 Å². The molecular weight excluding hydrogens is 306 g/mol. The van der Waals surface area contributed by atoms with Crippen molar-refractivity contribution in [2.75, 3.05) is 4.90 Å². The largest absolute Gasteiger partial charge is 0.335 e. The van der Waals surface area contributed by atoms with Crippen LogP contribution in [0.25, 0.3) is 0 Å². The van der Waals surface area contributed by atoms with E-state index in [9.17, 15) is 14.4 Å². The van der Waals surface area contributed by atoms with Crippen molar-refractivity contribution in [1.29, 1.82) is 0 Å². The number of barbiturate groups is 1. The molecule has 1 aliphatic heterocycles. The van der Waals surface area contributed by atoms with Crippen LogP contribution in [0, 0.1) is 12.8 Å². The lowest BCUT2D eigenvalue weighted by molar-refractivity contribution is -0.131. The molecule has 2 aromatic rings. The van der Waals surface area contributed by atoms with E-state index in [0.29, 0.717) is 11.4 Å². The Kier molecular flexibility index (Phi) is 4.20. The molecule has 6 heteroatoms. The van der Waals surface area contributed by atoms with Gasteiger partial charge in [-0.15, -0.1) is 0 Å². The van der Waals surface area contributed by atoms with Crippen molar-refractivity contribution >= 4 is 35.4 Å². The molecule has 0 spiro atoms. The zero-order valence-corrected chi connectivity index (χ0v) is 13.0. The lowest BCUT2D eigenvalue weighted by Gasteiger charge is -2.28. The predicted octanol–water partition coefficient (Wildman–Crippen LogP) is 2.60. The van der Waals surface area contributed by atoms with Crippen LogP contribution in [0.2, 0.25) is 0 Å². The highest BCUT2D eigenvalue weighted by molar-refractivity contribution is 6.32. The summed E-state index contributed by atoms with van der Waals surface area (Å²) in [5, 5.41) is 2.20. The van der Waals surface area contributed by atoms with E-state index >= 15 is 0 Å². The first-order valence-corrected chi connectivity index (χ1v) is 7.41. The minimum absolute atomic E-state index is 0.420. The minimum Gasteiger partial charge on any atom is -0.276 e. The van der Waals surface area contributed by atoms with E-state index in [0.717, 1.165) is 10.5 Å². The maximum Gasteiger partial charge on any atom is 0.335 e. The van der Waals surface area contributed by atoms with Crippen LogP contribution in [-0.4, -0.2) is 24.1 Å². The van der Waals surface area contributed by atoms with E-state index in [-0.39, 0.29) is 0 Å². The van der Waals surface area contributed by atoms with Crippen LogP contribution in [0.15, 0.2) is 59.6 Å². The molecule has 1 N–H and O–H groups in total. The van der Waals surface area contributed by atoms with Crippen molar-refractivity contribution in [2.45, 2.75) is 6.92 Å². The zero-order valence-electron chi connectivity index (χ0n) is 13.0. The summed E-state index contributed by atoms with van der Waals surface area (Å²) >= 11 is 0. The molecule has 4 amide bonds. The summed E-state index contributed by atoms with van der Waals surface area (Å²) in [6.45, 7) is 1.86. The second-order valence-corrected chi connectivity index (χ2v) is 5.40. The molecule has 0 aliphatic carbocycles. The average Bonchev–Trinajstić information content (AvgIpc) is 2.55. The fraction of sp³-hybridized carbons (Fsp3) is 0.111. The first-order valence-electron chi connectivity index (χ1n) is 7.41. The summed E-state index contributed by atoms with van der Waals surface area (Å²) < 4.78 is 0. The van der Waals surface area contributed by atoms with Crippen molar-refractivity contribution in [1.82, 2.24) is 5.32 Å². The third kappa shape index (κ3) is 3.08. The number of rotatable bonds is 3. The molecule has 0 bridgehead atoms. The van der Waals surface area contributed by atoms with Crippen LogP contribution in [0.3, 0.4) is 0 Å². The van der Waals surface area contributed by atoms with Gasteiger partial charge in [0.15, 0.2) is 5.92 Å². The topological polar surface area (TPSA) is 78.8 Å². The number of hydrogen-bond acceptors (Lipinski definition) is 4. The Morgan fingerprint density at radius 2 is 1.79 bits per heavy atom. The molecule has 1 atom stereocenters. The minimum atomic E-state index is -1.15. The molecule has 0 aromatic heterocycles. The van der Waals surface area contributed by atoms with Gasteiger partial charge in [-0.3, -0.25) is 19.9 Å². The number of benzene rings is 2. The third-order valence-corrected chi connectivity index (χ3v) is 3.59. The van der Waals surface area contributed by atoms with Crippen LogP contribution in [0.4, 0.5) is 16.2 Å². The number of hydrogen-bond donors (Lipinski definition) is 1. The molecule has 2 aromatic carbocycles. The van der Waals surface area contributed by atoms with Gasteiger partial charge >= 0.3 is 6.03 Å². The third-order valence-electron chi connectivity index (χ3n) is 3.59. The Morgan fingerprint density at radius 3 is 2.50 bits per heavy atom. The highest BCUT2D eigenvalue weighted by Crippen LogP contribution is 2.21. The van der Waals surface area contributed by atoms with Crippen molar-refractivity contribution in [3.8, 4) is 0 Å². The normalized spacial score (nSPS) is 18.1. The number of imide groups is 2. The van der Waals surface area contributed by atoms with Crippen molar-refractivity contribution < 1.29 is 14.4 Å². The number of carbonyl (C=O) groups excluding carboxylic acids is 3. The molecule has 0 saturated carbocycles. The number of urea groups is 1. The fourth-order valence-electron chi connectivity index (χ4n) is 2.41. The van der Waals surface area contributed by atoms with Crippen molar-refractivity contribution in [3.05, 3.63) is 60.2 Å². The van der Waals surface area contributed by atoms with Gasteiger partial charge in [-0.2, -0.15) is 0 Å². The second-order valence-electron chi connectivity index (χ2n) is 5.40. The molecule has 0 radical (unpaired) electrons. The van der Waals surface area contributed by atoms with Crippen LogP contribution in [0.5, 0.6) is 0 Å². The average molecular weight is 321 g/mol. The highest BCUT2D eigenvalue weighted by atomic mass is 16.2. The summed E-state index contributed by atoms with van der Waals surface area (Å²) in [6.07, 6.45) is 1.27. The second kappa shape index (κ2) is 6.45. The van der Waals surface area contributed by atoms with Crippen LogP contribution in [-0.2, 0) is 9.59 Å². The van der Waals surface area contributed by atoms with E-state index in [1.807, 2.05) is 19.1 Å². The number of carbonyl (C=O) groups is 3. The summed E-state index contributed by atoms with van der Waals surface area (Å²) in [7, 11) is 0. The Hall–Kier alpha value is -3.28. The fourth-order valence-corrected chi connectivity index (χ4v) is 2.41. The van der Waals surface area contributed by atoms with E-state index in [1.165, 1.54) is 6.21 Å². The van der Waals surface area contributed by atoms with Gasteiger partial charge in [-0.25, -0.2) is 9.69 Å². The van der Waals surface area contributed by atoms with Gasteiger partial charge in [0.1, 0.15) is 0 Å². The molecule has 6 nitrogen and oxygen atoms in total. The van der Waals surface area contributed by atoms with Gasteiger partial charge in [-0.1, -0.05) is 30.3 Å². The van der Waals surface area contributed by atoms with Gasteiger partial charge in [0.2, 0.25) is 5.91 Å². The molecule has 1 fully saturated rings. The van der Waals surface area contributed by atoms with E-state index in [4.69, 9.17) is 0 Å². The number of aliphatic imine (C=N–C) groups is 1. The molecule has 24 heavy (non-hydrogen) atoms. The SMILES string of the molecule is Cc1cccc(N2C(=O)NC(=O)[C@H](C=Nc3ccccc3)C2=O)c1. The Labute approximate surface area is 138 Å². The van der Waals surface area contributed by atoms with E-state index < -0.39 is 23.8 Å². The highest BCUT2D eigenvalue weighted by Gasteiger charge is 2.40. The maximum atomic E-state index is 12.6. The van der Waals surface area contributed by atoms with Crippen LogP contribution < -0.4 is 10.2 Å². The van der Waals surface area contributed by atoms with E-state index in [2.05, 4.69) is 10.3 Å². The summed E-state index contributed by atoms with van der Waals surface area (Å²) in [4.78, 5) is 41.8. The number of aryl methyl sites for hydroxylation is 1. The summed E-state index contributed by atoms with van der Waals surface area (Å²) in [6, 6.07) is 15.2. The first kappa shape index (κ1) is 15.6. The number of nitrogens with zero attached hydrogens (tertiary/aromatic N) is 2. The monoisotopic (exact) mass is 321 g/mol. The lowest BCUT2D eigenvalue weighted by Crippen LogP contribution is -2.58. The molecule has 1 saturated heterocycles. The summed E-state index contributed by atoms with van der Waals surface area (Å²) in [5.41, 5.74) is 1.94. The molecule has 120 valence electrons. The smallest absolute Gasteiger partial charge is 0.276 e. The molecule has 1 aliphatic rings. The number of anilines is 1. The number of nitrogens with one attached hydrogen (secondary N) is 1. The van der Waals surface area contributed by atoms with Gasteiger partial charge < -0.3 is 0 Å². The summed E-state index contributed by atoms with van der Waals surface area (Å²) in [5.74, 6) is -2.44. The van der Waals surface area contributed by atoms with E-state index in [1.54, 1.807) is 42.5 Å². The number of para-hydroxylation sites is 1. The quantitative estimate of drug-likeness (QED) is 0.697. The Balaban J connectivity index is 1.90. The predicted molar refractivity (Wildman–Crippen MR) is 90.3 cm³/mol. The zero-order chi connectivity index (χ0) is 17.1. The van der Waals surface area contributed by atoms with Gasteiger partial charge in [0.05, 0.1) is 11.4 Å². The lowest BCUT2D eigenvalue weighted by atomic mass is 10.1. The molecule has 1 heterocycles. The van der Waals surface area contributed by atoms with Crippen molar-refractivity contribution in [3.63, 3.8) is 0 Å². The first-order chi connectivity index (χ1) is 11.6. The molecular formula is C18H15N3O3. The van der Waals surface area contributed by atoms with Gasteiger partial charge in [0.25, 0.3) is 5.91 Å². The molecule has 0 unspecified atom stereocenters. The van der Waals surface area contributed by atoms with Crippen LogP contribution in [0.1, 0.15) is 5.56 Å². The van der Waals surface area contributed by atoms with Crippen LogP contribution >= 0.6 is 0 Å². The standard InChI is InChI=1S/C18H15N3O3/c1-12-6-5-9-14(10-12)21-17(23)15(16(22)20-18(21)24)11-19-13-7-3-2-4-8-13/h2-11,15H,1H3,(H,20,22,24)/t15-/m0/s1. The van der Waals surface area contributed by atoms with Crippen molar-refractivity contribution in [2.24, 2.45) is 10.9 Å². The Morgan fingerprint density at radius 1 is 1.04 bits per heavy atom. The van der Waals surface area contributed by atoms with Gasteiger partial charge in [-0.05, 0) is 36.8 Å².